The summed E-state index contributed by atoms with van der Waals surface area (Å²) in [4.78, 5) is 7.02. The standard InChI is InChI=1S/C24H36N6/c1-19(20-9-5-4-6-10-20)28-24(12-7-8-13-24)18-26-23(25-2)30-14-11-21(17-30)22-15-27-29(3)16-22/h4-6,9-10,15-16,19,21,28H,7-8,11-14,17-18H2,1-3H3,(H,25,26). The zero-order chi connectivity index (χ0) is 21.0. The van der Waals surface area contributed by atoms with E-state index in [0.717, 1.165) is 32.0 Å². The number of nitrogens with zero attached hydrogens (tertiary/aromatic N) is 4. The summed E-state index contributed by atoms with van der Waals surface area (Å²) in [6.45, 7) is 5.25. The molecular weight excluding hydrogens is 372 g/mol. The summed E-state index contributed by atoms with van der Waals surface area (Å²) >= 11 is 0. The smallest absolute Gasteiger partial charge is 0.193 e. The first-order chi connectivity index (χ1) is 14.6. The molecule has 2 fully saturated rings. The molecule has 2 aromatic rings. The van der Waals surface area contributed by atoms with Gasteiger partial charge in [-0.05, 0) is 37.3 Å². The van der Waals surface area contributed by atoms with Gasteiger partial charge in [0, 0.05) is 57.4 Å². The number of benzene rings is 1. The Morgan fingerprint density at radius 2 is 2.03 bits per heavy atom. The Labute approximate surface area is 180 Å². The number of hydrogen-bond donors (Lipinski definition) is 2. The van der Waals surface area contributed by atoms with Crippen LogP contribution in [0.25, 0.3) is 0 Å². The van der Waals surface area contributed by atoms with Crippen LogP contribution in [0.15, 0.2) is 47.7 Å². The van der Waals surface area contributed by atoms with Crippen molar-refractivity contribution in [2.45, 2.75) is 56.5 Å². The Bertz CT molecular complexity index is 836. The molecule has 0 amide bonds. The van der Waals surface area contributed by atoms with Crippen molar-refractivity contribution in [1.29, 1.82) is 0 Å². The fourth-order valence-corrected chi connectivity index (χ4v) is 5.16. The van der Waals surface area contributed by atoms with E-state index in [1.807, 2.05) is 25.0 Å². The number of likely N-dealkylation sites (tertiary alicyclic amines) is 1. The van der Waals surface area contributed by atoms with E-state index < -0.39 is 0 Å². The van der Waals surface area contributed by atoms with Crippen molar-refractivity contribution >= 4 is 5.96 Å². The topological polar surface area (TPSA) is 57.5 Å². The second kappa shape index (κ2) is 9.21. The molecule has 2 aliphatic rings. The van der Waals surface area contributed by atoms with E-state index in [1.165, 1.54) is 36.8 Å². The summed E-state index contributed by atoms with van der Waals surface area (Å²) in [6, 6.07) is 11.1. The van der Waals surface area contributed by atoms with Gasteiger partial charge in [0.15, 0.2) is 5.96 Å². The van der Waals surface area contributed by atoms with Crippen LogP contribution in [-0.4, -0.2) is 52.9 Å². The van der Waals surface area contributed by atoms with Gasteiger partial charge in [0.25, 0.3) is 0 Å². The number of rotatable bonds is 6. The van der Waals surface area contributed by atoms with Crippen LogP contribution in [0.4, 0.5) is 0 Å². The molecule has 1 aromatic carbocycles. The van der Waals surface area contributed by atoms with Crippen molar-refractivity contribution in [2.24, 2.45) is 12.0 Å². The third kappa shape index (κ3) is 4.69. The third-order valence-electron chi connectivity index (χ3n) is 6.86. The third-order valence-corrected chi connectivity index (χ3v) is 6.86. The van der Waals surface area contributed by atoms with Gasteiger partial charge < -0.3 is 15.5 Å². The molecule has 2 heterocycles. The summed E-state index contributed by atoms with van der Waals surface area (Å²) in [7, 11) is 3.89. The Hall–Kier alpha value is -2.34. The second-order valence-corrected chi connectivity index (χ2v) is 9.04. The van der Waals surface area contributed by atoms with E-state index in [-0.39, 0.29) is 5.54 Å². The van der Waals surface area contributed by atoms with Gasteiger partial charge in [-0.15, -0.1) is 0 Å². The van der Waals surface area contributed by atoms with E-state index in [1.54, 1.807) is 0 Å². The van der Waals surface area contributed by atoms with Crippen LogP contribution in [0.1, 0.15) is 62.1 Å². The van der Waals surface area contributed by atoms with E-state index in [4.69, 9.17) is 0 Å². The minimum atomic E-state index is 0.133. The largest absolute Gasteiger partial charge is 0.354 e. The van der Waals surface area contributed by atoms with Crippen LogP contribution >= 0.6 is 0 Å². The summed E-state index contributed by atoms with van der Waals surface area (Å²) in [6.07, 6.45) is 10.3. The predicted octanol–water partition coefficient (Wildman–Crippen LogP) is 3.45. The van der Waals surface area contributed by atoms with Gasteiger partial charge in [-0.1, -0.05) is 43.2 Å². The zero-order valence-electron chi connectivity index (χ0n) is 18.6. The molecule has 1 aliphatic heterocycles. The maximum absolute atomic E-state index is 4.62. The Morgan fingerprint density at radius 3 is 2.70 bits per heavy atom. The Kier molecular flexibility index (Phi) is 6.42. The minimum absolute atomic E-state index is 0.133. The number of hydrogen-bond acceptors (Lipinski definition) is 3. The lowest BCUT2D eigenvalue weighted by Crippen LogP contribution is -2.54. The van der Waals surface area contributed by atoms with Gasteiger partial charge >= 0.3 is 0 Å². The van der Waals surface area contributed by atoms with Gasteiger partial charge in [-0.25, -0.2) is 0 Å². The maximum Gasteiger partial charge on any atom is 0.193 e. The lowest BCUT2D eigenvalue weighted by atomic mass is 9.94. The average molecular weight is 409 g/mol. The molecule has 2 atom stereocenters. The van der Waals surface area contributed by atoms with Crippen LogP contribution in [0, 0.1) is 0 Å². The summed E-state index contributed by atoms with van der Waals surface area (Å²) in [5.41, 5.74) is 2.82. The van der Waals surface area contributed by atoms with Crippen molar-refractivity contribution in [1.82, 2.24) is 25.3 Å². The average Bonchev–Trinajstić information content (AvgIpc) is 3.51. The molecule has 1 saturated heterocycles. The van der Waals surface area contributed by atoms with E-state index in [9.17, 15) is 0 Å². The van der Waals surface area contributed by atoms with Gasteiger partial charge in [0.05, 0.1) is 6.20 Å². The molecule has 1 aromatic heterocycles. The van der Waals surface area contributed by atoms with Crippen molar-refractivity contribution in [3.63, 3.8) is 0 Å². The fraction of sp³-hybridized carbons (Fsp3) is 0.583. The molecule has 4 rings (SSSR count). The summed E-state index contributed by atoms with van der Waals surface area (Å²) in [5.74, 6) is 1.57. The number of nitrogens with one attached hydrogen (secondary N) is 2. The molecule has 30 heavy (non-hydrogen) atoms. The van der Waals surface area contributed by atoms with Crippen LogP contribution in [0.5, 0.6) is 0 Å². The first-order valence-corrected chi connectivity index (χ1v) is 11.4. The quantitative estimate of drug-likeness (QED) is 0.568. The highest BCUT2D eigenvalue weighted by Crippen LogP contribution is 2.32. The second-order valence-electron chi connectivity index (χ2n) is 9.04. The lowest BCUT2D eigenvalue weighted by Gasteiger charge is -2.35. The highest BCUT2D eigenvalue weighted by Gasteiger charge is 2.36. The fourth-order valence-electron chi connectivity index (χ4n) is 5.16. The van der Waals surface area contributed by atoms with Gasteiger partial charge in [-0.2, -0.15) is 5.10 Å². The van der Waals surface area contributed by atoms with Crippen molar-refractivity contribution in [2.75, 3.05) is 26.7 Å². The van der Waals surface area contributed by atoms with E-state index in [0.29, 0.717) is 12.0 Å². The SMILES string of the molecule is CN=C(NCC1(NC(C)c2ccccc2)CCCC1)N1CCC(c2cnn(C)c2)C1. The maximum atomic E-state index is 4.62. The van der Waals surface area contributed by atoms with Crippen LogP contribution in [0.2, 0.25) is 0 Å². The molecule has 162 valence electrons. The van der Waals surface area contributed by atoms with E-state index in [2.05, 4.69) is 69.1 Å². The summed E-state index contributed by atoms with van der Waals surface area (Å²) < 4.78 is 1.90. The highest BCUT2D eigenvalue weighted by atomic mass is 15.3. The molecule has 6 nitrogen and oxygen atoms in total. The van der Waals surface area contributed by atoms with Gasteiger partial charge in [-0.3, -0.25) is 9.67 Å². The van der Waals surface area contributed by atoms with Crippen LogP contribution in [0.3, 0.4) is 0 Å². The van der Waals surface area contributed by atoms with Crippen molar-refractivity contribution in [3.8, 4) is 0 Å². The Morgan fingerprint density at radius 1 is 1.27 bits per heavy atom. The molecule has 6 heteroatoms. The van der Waals surface area contributed by atoms with Crippen molar-refractivity contribution < 1.29 is 0 Å². The first kappa shape index (κ1) is 20.9. The normalized spacial score (nSPS) is 22.4. The minimum Gasteiger partial charge on any atom is -0.354 e. The molecule has 0 spiro atoms. The van der Waals surface area contributed by atoms with Crippen molar-refractivity contribution in [3.05, 3.63) is 53.9 Å². The molecule has 1 aliphatic carbocycles. The molecular formula is C24H36N6. The molecule has 2 unspecified atom stereocenters. The molecule has 1 saturated carbocycles. The summed E-state index contributed by atoms with van der Waals surface area (Å²) in [5, 5.41) is 12.0. The number of aryl methyl sites for hydroxylation is 1. The van der Waals surface area contributed by atoms with Gasteiger partial charge in [0.1, 0.15) is 0 Å². The first-order valence-electron chi connectivity index (χ1n) is 11.4. The lowest BCUT2D eigenvalue weighted by molar-refractivity contribution is 0.293. The van der Waals surface area contributed by atoms with Gasteiger partial charge in [0.2, 0.25) is 0 Å². The predicted molar refractivity (Wildman–Crippen MR) is 123 cm³/mol. The number of aromatic nitrogens is 2. The van der Waals surface area contributed by atoms with Crippen LogP contribution < -0.4 is 10.6 Å². The highest BCUT2D eigenvalue weighted by molar-refractivity contribution is 5.80. The Balaban J connectivity index is 1.37. The number of aliphatic imine (C=N–C) groups is 1. The monoisotopic (exact) mass is 408 g/mol. The molecule has 2 N–H and O–H groups in total. The zero-order valence-corrected chi connectivity index (χ0v) is 18.6. The molecule has 0 bridgehead atoms. The van der Waals surface area contributed by atoms with E-state index >= 15 is 0 Å². The molecule has 0 radical (unpaired) electrons. The number of guanidine groups is 1. The van der Waals surface area contributed by atoms with Crippen LogP contribution in [-0.2, 0) is 7.05 Å².